The topological polar surface area (TPSA) is 99.3 Å². The molecule has 8 heteroatoms. The maximum Gasteiger partial charge on any atom is 0.275 e. The second-order valence-electron chi connectivity index (χ2n) is 6.84. The number of carbonyl (C=O) groups is 1. The highest BCUT2D eigenvalue weighted by Gasteiger charge is 2.14. The van der Waals surface area contributed by atoms with Crippen LogP contribution in [0.5, 0.6) is 11.5 Å². The van der Waals surface area contributed by atoms with E-state index >= 15 is 0 Å². The number of carbonyl (C=O) groups excluding carboxylic acids is 1. The van der Waals surface area contributed by atoms with Crippen LogP contribution >= 0.6 is 0 Å². The van der Waals surface area contributed by atoms with Crippen molar-refractivity contribution >= 4 is 17.3 Å². The number of non-ortho nitro benzene ring substituents is 1. The highest BCUT2D eigenvalue weighted by Crippen LogP contribution is 2.30. The standard InChI is InChI=1S/C21H22N4O4/c1-14-5-4-6-19(9-14)29-20-12-17(11-18(13-20)25(27)28)22-21(26)7-8-24-16(3)10-15(2)23-24/h4-6,9-13H,7-8H2,1-3H3,(H,22,26). The maximum absolute atomic E-state index is 12.3. The molecule has 29 heavy (non-hydrogen) atoms. The van der Waals surface area contributed by atoms with E-state index in [2.05, 4.69) is 10.4 Å². The lowest BCUT2D eigenvalue weighted by Gasteiger charge is -2.10. The van der Waals surface area contributed by atoms with Gasteiger partial charge in [0, 0.05) is 30.8 Å². The van der Waals surface area contributed by atoms with E-state index in [1.807, 2.05) is 45.0 Å². The van der Waals surface area contributed by atoms with Gasteiger partial charge in [-0.2, -0.15) is 5.10 Å². The summed E-state index contributed by atoms with van der Waals surface area (Å²) in [6.07, 6.45) is 0.193. The predicted molar refractivity (Wildman–Crippen MR) is 109 cm³/mol. The highest BCUT2D eigenvalue weighted by molar-refractivity contribution is 5.91. The Hall–Kier alpha value is -3.68. The van der Waals surface area contributed by atoms with Gasteiger partial charge in [0.1, 0.15) is 11.5 Å². The second-order valence-corrected chi connectivity index (χ2v) is 6.84. The van der Waals surface area contributed by atoms with Crippen LogP contribution in [0.2, 0.25) is 0 Å². The molecule has 3 rings (SSSR count). The summed E-state index contributed by atoms with van der Waals surface area (Å²) < 4.78 is 7.51. The number of amides is 1. The Morgan fingerprint density at radius 3 is 2.59 bits per heavy atom. The fourth-order valence-electron chi connectivity index (χ4n) is 2.97. The molecule has 3 aromatic rings. The summed E-state index contributed by atoms with van der Waals surface area (Å²) in [5, 5.41) is 18.3. The van der Waals surface area contributed by atoms with Crippen LogP contribution in [0, 0.1) is 30.9 Å². The zero-order valence-corrected chi connectivity index (χ0v) is 16.5. The number of anilines is 1. The first-order valence-corrected chi connectivity index (χ1v) is 9.15. The first-order valence-electron chi connectivity index (χ1n) is 9.15. The molecule has 0 saturated carbocycles. The van der Waals surface area contributed by atoms with Gasteiger partial charge >= 0.3 is 0 Å². The largest absolute Gasteiger partial charge is 0.457 e. The zero-order valence-electron chi connectivity index (χ0n) is 16.5. The van der Waals surface area contributed by atoms with Crippen molar-refractivity contribution in [1.82, 2.24) is 9.78 Å². The van der Waals surface area contributed by atoms with Gasteiger partial charge in [0.25, 0.3) is 5.69 Å². The molecule has 1 aromatic heterocycles. The smallest absolute Gasteiger partial charge is 0.275 e. The van der Waals surface area contributed by atoms with Gasteiger partial charge in [-0.3, -0.25) is 19.6 Å². The molecule has 1 heterocycles. The van der Waals surface area contributed by atoms with Crippen molar-refractivity contribution in [2.45, 2.75) is 33.7 Å². The highest BCUT2D eigenvalue weighted by atomic mass is 16.6. The summed E-state index contributed by atoms with van der Waals surface area (Å²) in [5.41, 5.74) is 3.01. The number of hydrogen-bond acceptors (Lipinski definition) is 5. The molecule has 0 aliphatic rings. The Bertz CT molecular complexity index is 1060. The number of rotatable bonds is 7. The predicted octanol–water partition coefficient (Wildman–Crippen LogP) is 4.54. The third-order valence-corrected chi connectivity index (χ3v) is 4.27. The van der Waals surface area contributed by atoms with Gasteiger partial charge < -0.3 is 10.1 Å². The lowest BCUT2D eigenvalue weighted by Crippen LogP contribution is -2.15. The summed E-state index contributed by atoms with van der Waals surface area (Å²) in [5.74, 6) is 0.575. The molecule has 1 N–H and O–H groups in total. The molecular weight excluding hydrogens is 372 g/mol. The van der Waals surface area contributed by atoms with E-state index in [0.29, 0.717) is 18.0 Å². The third kappa shape index (κ3) is 5.41. The van der Waals surface area contributed by atoms with Crippen LogP contribution in [0.1, 0.15) is 23.4 Å². The quantitative estimate of drug-likeness (QED) is 0.468. The number of nitro groups is 1. The van der Waals surface area contributed by atoms with Gasteiger partial charge in [-0.1, -0.05) is 12.1 Å². The molecule has 0 bridgehead atoms. The van der Waals surface area contributed by atoms with E-state index in [0.717, 1.165) is 17.0 Å². The van der Waals surface area contributed by atoms with Crippen LogP contribution < -0.4 is 10.1 Å². The number of aryl methyl sites for hydroxylation is 4. The number of nitro benzene ring substituents is 1. The summed E-state index contributed by atoms with van der Waals surface area (Å²) in [6.45, 7) is 6.16. The average molecular weight is 394 g/mol. The van der Waals surface area contributed by atoms with Crippen LogP contribution in [0.3, 0.4) is 0 Å². The molecule has 0 fully saturated rings. The monoisotopic (exact) mass is 394 g/mol. The molecule has 0 atom stereocenters. The van der Waals surface area contributed by atoms with E-state index in [4.69, 9.17) is 4.74 Å². The van der Waals surface area contributed by atoms with Gasteiger partial charge in [0.2, 0.25) is 5.91 Å². The van der Waals surface area contributed by atoms with E-state index < -0.39 is 4.92 Å². The zero-order chi connectivity index (χ0) is 21.0. The summed E-state index contributed by atoms with van der Waals surface area (Å²) in [4.78, 5) is 23.1. The van der Waals surface area contributed by atoms with Gasteiger partial charge in [0.15, 0.2) is 0 Å². The summed E-state index contributed by atoms with van der Waals surface area (Å²) >= 11 is 0. The number of aromatic nitrogens is 2. The second kappa shape index (κ2) is 8.55. The molecule has 150 valence electrons. The minimum atomic E-state index is -0.519. The van der Waals surface area contributed by atoms with Gasteiger partial charge in [0.05, 0.1) is 22.4 Å². The summed E-state index contributed by atoms with van der Waals surface area (Å²) in [6, 6.07) is 13.5. The van der Waals surface area contributed by atoms with Gasteiger partial charge in [-0.15, -0.1) is 0 Å². The molecular formula is C21H22N4O4. The maximum atomic E-state index is 12.3. The fraction of sp³-hybridized carbons (Fsp3) is 0.238. The third-order valence-electron chi connectivity index (χ3n) is 4.27. The average Bonchev–Trinajstić information content (AvgIpc) is 2.97. The van der Waals surface area contributed by atoms with Crippen molar-refractivity contribution in [2.24, 2.45) is 0 Å². The van der Waals surface area contributed by atoms with Crippen molar-refractivity contribution in [1.29, 1.82) is 0 Å². The van der Waals surface area contributed by atoms with Gasteiger partial charge in [-0.05, 0) is 44.5 Å². The number of nitrogens with one attached hydrogen (secondary N) is 1. The van der Waals surface area contributed by atoms with E-state index in [9.17, 15) is 14.9 Å². The SMILES string of the molecule is Cc1cccc(Oc2cc(NC(=O)CCn3nc(C)cc3C)cc([N+](=O)[O-])c2)c1. The molecule has 0 aliphatic heterocycles. The lowest BCUT2D eigenvalue weighted by molar-refractivity contribution is -0.384. The minimum absolute atomic E-state index is 0.163. The molecule has 2 aromatic carbocycles. The Labute approximate surface area is 168 Å². The van der Waals surface area contributed by atoms with Crippen molar-refractivity contribution in [3.8, 4) is 11.5 Å². The number of ether oxygens (including phenoxy) is 1. The Kier molecular flexibility index (Phi) is 5.92. The molecule has 0 radical (unpaired) electrons. The van der Waals surface area contributed by atoms with E-state index in [1.54, 1.807) is 16.8 Å². The van der Waals surface area contributed by atoms with Gasteiger partial charge in [-0.25, -0.2) is 0 Å². The fourth-order valence-corrected chi connectivity index (χ4v) is 2.97. The lowest BCUT2D eigenvalue weighted by atomic mass is 10.2. The Morgan fingerprint density at radius 2 is 1.93 bits per heavy atom. The normalized spacial score (nSPS) is 10.6. The molecule has 1 amide bonds. The first-order chi connectivity index (χ1) is 13.8. The minimum Gasteiger partial charge on any atom is -0.457 e. The molecule has 0 spiro atoms. The van der Waals surface area contributed by atoms with Crippen LogP contribution in [-0.4, -0.2) is 20.6 Å². The van der Waals surface area contributed by atoms with Crippen molar-refractivity contribution in [2.75, 3.05) is 5.32 Å². The number of benzene rings is 2. The molecule has 0 unspecified atom stereocenters. The summed E-state index contributed by atoms with van der Waals surface area (Å²) in [7, 11) is 0. The van der Waals surface area contributed by atoms with Crippen LogP contribution in [0.4, 0.5) is 11.4 Å². The van der Waals surface area contributed by atoms with Crippen molar-refractivity contribution in [3.63, 3.8) is 0 Å². The van der Waals surface area contributed by atoms with Crippen LogP contribution in [0.15, 0.2) is 48.5 Å². The van der Waals surface area contributed by atoms with Crippen LogP contribution in [-0.2, 0) is 11.3 Å². The van der Waals surface area contributed by atoms with E-state index in [1.165, 1.54) is 12.1 Å². The first kappa shape index (κ1) is 20.1. The van der Waals surface area contributed by atoms with Crippen LogP contribution in [0.25, 0.3) is 0 Å². The Morgan fingerprint density at radius 1 is 1.14 bits per heavy atom. The molecule has 8 nitrogen and oxygen atoms in total. The number of nitrogens with zero attached hydrogens (tertiary/aromatic N) is 3. The Balaban J connectivity index is 1.73. The number of hydrogen-bond donors (Lipinski definition) is 1. The molecule has 0 aliphatic carbocycles. The molecule has 0 saturated heterocycles. The van der Waals surface area contributed by atoms with Crippen molar-refractivity contribution in [3.05, 3.63) is 75.6 Å². The van der Waals surface area contributed by atoms with E-state index in [-0.39, 0.29) is 23.8 Å². The van der Waals surface area contributed by atoms with Crippen molar-refractivity contribution < 1.29 is 14.5 Å².